The third kappa shape index (κ3) is 3.76. The maximum absolute atomic E-state index is 13.5. The van der Waals surface area contributed by atoms with Crippen molar-refractivity contribution >= 4 is 12.0 Å². The van der Waals surface area contributed by atoms with Gasteiger partial charge in [-0.2, -0.15) is 0 Å². The number of nitrogens with zero attached hydrogens (tertiary/aromatic N) is 1. The van der Waals surface area contributed by atoms with Crippen LogP contribution >= 0.6 is 0 Å². The minimum atomic E-state index is -0.255. The predicted molar refractivity (Wildman–Crippen MR) is 112 cm³/mol. The Labute approximate surface area is 171 Å². The molecule has 4 rings (SSSR count). The van der Waals surface area contributed by atoms with Crippen molar-refractivity contribution in [2.75, 3.05) is 0 Å². The van der Waals surface area contributed by atoms with Gasteiger partial charge in [0.1, 0.15) is 11.9 Å². The molecule has 29 heavy (non-hydrogen) atoms. The van der Waals surface area contributed by atoms with E-state index in [0.29, 0.717) is 5.92 Å². The van der Waals surface area contributed by atoms with E-state index in [1.807, 2.05) is 31.2 Å². The molecular formula is C25H26FNO2. The van der Waals surface area contributed by atoms with Crippen molar-refractivity contribution in [3.63, 3.8) is 0 Å². The molecule has 1 aromatic heterocycles. The molecule has 1 fully saturated rings. The SMILES string of the molecule is CC[C@@H]1C(C)=C[C@H]2C(=O)O[C@H](C)[C@H]2[C@H]1/C=C/c1ccc(-c2cccc(F)c2)cn1. The topological polar surface area (TPSA) is 39.2 Å². The highest BCUT2D eigenvalue weighted by atomic mass is 19.1. The number of fused-ring (bicyclic) bond motifs is 1. The van der Waals surface area contributed by atoms with Gasteiger partial charge in [-0.05, 0) is 61.9 Å². The van der Waals surface area contributed by atoms with Crippen LogP contribution < -0.4 is 0 Å². The second-order valence-electron chi connectivity index (χ2n) is 8.09. The van der Waals surface area contributed by atoms with Gasteiger partial charge in [-0.3, -0.25) is 9.78 Å². The molecule has 0 radical (unpaired) electrons. The van der Waals surface area contributed by atoms with Crippen molar-refractivity contribution in [3.05, 3.63) is 71.8 Å². The van der Waals surface area contributed by atoms with Crippen molar-refractivity contribution in [2.24, 2.45) is 23.7 Å². The third-order valence-corrected chi connectivity index (χ3v) is 6.34. The second kappa shape index (κ2) is 7.94. The van der Waals surface area contributed by atoms with Crippen molar-refractivity contribution in [1.82, 2.24) is 4.98 Å². The number of hydrogen-bond donors (Lipinski definition) is 0. The average Bonchev–Trinajstić information content (AvgIpc) is 2.99. The monoisotopic (exact) mass is 391 g/mol. The van der Waals surface area contributed by atoms with Gasteiger partial charge in [-0.25, -0.2) is 4.39 Å². The zero-order chi connectivity index (χ0) is 20.5. The molecule has 5 atom stereocenters. The standard InChI is InChI=1S/C25H26FNO2/c1-4-21-15(2)12-23-24(16(3)29-25(23)28)22(21)11-10-20-9-8-18(14-27-20)17-6-5-7-19(26)13-17/h5-14,16,21-24H,4H2,1-3H3/b11-10+/t16-,21-,22+,23-,24+/m1/s1. The third-order valence-electron chi connectivity index (χ3n) is 6.34. The summed E-state index contributed by atoms with van der Waals surface area (Å²) in [5.41, 5.74) is 3.81. The lowest BCUT2D eigenvalue weighted by atomic mass is 9.66. The maximum Gasteiger partial charge on any atom is 0.313 e. The lowest BCUT2D eigenvalue weighted by Gasteiger charge is -2.36. The molecule has 2 aromatic rings. The first-order valence-electron chi connectivity index (χ1n) is 10.3. The molecule has 1 aliphatic heterocycles. The predicted octanol–water partition coefficient (Wildman–Crippen LogP) is 5.68. The average molecular weight is 391 g/mol. The van der Waals surface area contributed by atoms with Gasteiger partial charge in [-0.1, -0.05) is 42.8 Å². The summed E-state index contributed by atoms with van der Waals surface area (Å²) < 4.78 is 19.0. The van der Waals surface area contributed by atoms with Gasteiger partial charge >= 0.3 is 5.97 Å². The molecule has 4 heteroatoms. The van der Waals surface area contributed by atoms with E-state index < -0.39 is 0 Å². The Balaban J connectivity index is 1.58. The number of cyclic esters (lactones) is 1. The Kier molecular flexibility index (Phi) is 5.35. The fourth-order valence-electron chi connectivity index (χ4n) is 4.91. The Morgan fingerprint density at radius 2 is 2.03 bits per heavy atom. The normalized spacial score (nSPS) is 28.9. The molecule has 0 bridgehead atoms. The molecule has 2 heterocycles. The minimum Gasteiger partial charge on any atom is -0.462 e. The van der Waals surface area contributed by atoms with Crippen molar-refractivity contribution in [1.29, 1.82) is 0 Å². The molecule has 0 amide bonds. The highest BCUT2D eigenvalue weighted by Gasteiger charge is 2.49. The van der Waals surface area contributed by atoms with Crippen LogP contribution in [-0.2, 0) is 9.53 Å². The van der Waals surface area contributed by atoms with Gasteiger partial charge in [0, 0.05) is 17.7 Å². The molecule has 150 valence electrons. The number of carbonyl (C=O) groups excluding carboxylic acids is 1. The highest BCUT2D eigenvalue weighted by Crippen LogP contribution is 2.47. The number of esters is 1. The summed E-state index contributed by atoms with van der Waals surface area (Å²) in [6.45, 7) is 6.31. The van der Waals surface area contributed by atoms with Crippen molar-refractivity contribution in [2.45, 2.75) is 33.3 Å². The summed E-state index contributed by atoms with van der Waals surface area (Å²) in [5.74, 6) is 0.295. The van der Waals surface area contributed by atoms with E-state index in [0.717, 1.165) is 23.2 Å². The number of benzene rings is 1. The van der Waals surface area contributed by atoms with E-state index in [4.69, 9.17) is 4.74 Å². The van der Waals surface area contributed by atoms with Gasteiger partial charge in [0.2, 0.25) is 0 Å². The number of rotatable bonds is 4. The van der Waals surface area contributed by atoms with Gasteiger partial charge in [0.25, 0.3) is 0 Å². The maximum atomic E-state index is 13.5. The van der Waals surface area contributed by atoms with Crippen LogP contribution in [0.1, 0.15) is 32.9 Å². The first kappa shape index (κ1) is 19.6. The second-order valence-corrected chi connectivity index (χ2v) is 8.09. The molecule has 0 N–H and O–H groups in total. The van der Waals surface area contributed by atoms with Gasteiger partial charge in [0.05, 0.1) is 11.6 Å². The summed E-state index contributed by atoms with van der Waals surface area (Å²) in [5, 5.41) is 0. The molecular weight excluding hydrogens is 365 g/mol. The number of halogens is 1. The summed E-state index contributed by atoms with van der Waals surface area (Å²) in [4.78, 5) is 16.8. The van der Waals surface area contributed by atoms with Crippen LogP contribution in [0.4, 0.5) is 4.39 Å². The van der Waals surface area contributed by atoms with Gasteiger partial charge in [0.15, 0.2) is 0 Å². The van der Waals surface area contributed by atoms with E-state index in [-0.39, 0.29) is 35.6 Å². The highest BCUT2D eigenvalue weighted by molar-refractivity contribution is 5.78. The smallest absolute Gasteiger partial charge is 0.313 e. The Bertz CT molecular complexity index is 963. The quantitative estimate of drug-likeness (QED) is 0.497. The lowest BCUT2D eigenvalue weighted by molar-refractivity contribution is -0.142. The van der Waals surface area contributed by atoms with Crippen LogP contribution in [0, 0.1) is 29.5 Å². The molecule has 0 saturated carbocycles. The first-order valence-corrected chi connectivity index (χ1v) is 10.3. The number of carbonyl (C=O) groups is 1. The molecule has 2 aliphatic rings. The van der Waals surface area contributed by atoms with Crippen molar-refractivity contribution < 1.29 is 13.9 Å². The Morgan fingerprint density at radius 1 is 1.21 bits per heavy atom. The van der Waals surface area contributed by atoms with Crippen molar-refractivity contribution in [3.8, 4) is 11.1 Å². The molecule has 0 unspecified atom stereocenters. The van der Waals surface area contributed by atoms with Crippen LogP contribution in [0.3, 0.4) is 0 Å². The molecule has 1 saturated heterocycles. The molecule has 0 spiro atoms. The largest absolute Gasteiger partial charge is 0.462 e. The number of hydrogen-bond acceptors (Lipinski definition) is 3. The van der Waals surface area contributed by atoms with Crippen LogP contribution in [0.25, 0.3) is 17.2 Å². The van der Waals surface area contributed by atoms with E-state index >= 15 is 0 Å². The minimum absolute atomic E-state index is 0.0798. The molecule has 1 aromatic carbocycles. The Hall–Kier alpha value is -2.75. The van der Waals surface area contributed by atoms with Crippen LogP contribution in [0.5, 0.6) is 0 Å². The molecule has 1 aliphatic carbocycles. The summed E-state index contributed by atoms with van der Waals surface area (Å²) in [6.07, 6.45) is 9.06. The van der Waals surface area contributed by atoms with Crippen LogP contribution in [-0.4, -0.2) is 17.1 Å². The van der Waals surface area contributed by atoms with E-state index in [1.54, 1.807) is 12.3 Å². The number of ether oxygens (including phenoxy) is 1. The van der Waals surface area contributed by atoms with E-state index in [2.05, 4.69) is 31.0 Å². The summed E-state index contributed by atoms with van der Waals surface area (Å²) in [6, 6.07) is 10.4. The Morgan fingerprint density at radius 3 is 2.72 bits per heavy atom. The number of aromatic nitrogens is 1. The van der Waals surface area contributed by atoms with E-state index in [1.165, 1.54) is 17.7 Å². The zero-order valence-corrected chi connectivity index (χ0v) is 17.0. The lowest BCUT2D eigenvalue weighted by Crippen LogP contribution is -2.35. The first-order chi connectivity index (χ1) is 14.0. The summed E-state index contributed by atoms with van der Waals surface area (Å²) >= 11 is 0. The van der Waals surface area contributed by atoms with Crippen LogP contribution in [0.15, 0.2) is 60.3 Å². The fourth-order valence-corrected chi connectivity index (χ4v) is 4.91. The molecule has 3 nitrogen and oxygen atoms in total. The van der Waals surface area contributed by atoms with Crippen LogP contribution in [0.2, 0.25) is 0 Å². The van der Waals surface area contributed by atoms with Gasteiger partial charge < -0.3 is 4.74 Å². The fraction of sp³-hybridized carbons (Fsp3) is 0.360. The van der Waals surface area contributed by atoms with Gasteiger partial charge in [-0.15, -0.1) is 0 Å². The zero-order valence-electron chi connectivity index (χ0n) is 17.0. The van der Waals surface area contributed by atoms with E-state index in [9.17, 15) is 9.18 Å². The summed E-state index contributed by atoms with van der Waals surface area (Å²) in [7, 11) is 0. The number of allylic oxidation sites excluding steroid dienone is 2. The number of pyridine rings is 1.